The lowest BCUT2D eigenvalue weighted by Crippen LogP contribution is -2.46. The predicted molar refractivity (Wildman–Crippen MR) is 72.0 cm³/mol. The molecule has 6 nitrogen and oxygen atoms in total. The van der Waals surface area contributed by atoms with Gasteiger partial charge in [-0.3, -0.25) is 0 Å². The van der Waals surface area contributed by atoms with E-state index in [4.69, 9.17) is 5.11 Å². The van der Waals surface area contributed by atoms with Gasteiger partial charge in [0.2, 0.25) is 0 Å². The van der Waals surface area contributed by atoms with Crippen molar-refractivity contribution in [1.29, 1.82) is 0 Å². The second-order valence-corrected chi connectivity index (χ2v) is 5.13. The van der Waals surface area contributed by atoms with Crippen molar-refractivity contribution in [1.82, 2.24) is 9.80 Å². The molecule has 0 aromatic heterocycles. The van der Waals surface area contributed by atoms with E-state index in [0.717, 1.165) is 4.90 Å². The van der Waals surface area contributed by atoms with E-state index in [1.54, 1.807) is 18.2 Å². The fourth-order valence-electron chi connectivity index (χ4n) is 2.43. The quantitative estimate of drug-likeness (QED) is 0.868. The Labute approximate surface area is 121 Å². The molecule has 0 aliphatic carbocycles. The maximum absolute atomic E-state index is 13.6. The number of aliphatic hydroxyl groups is 1. The number of hydrogen-bond donors (Lipinski definition) is 2. The molecule has 1 aliphatic rings. The van der Waals surface area contributed by atoms with Crippen LogP contribution in [0.5, 0.6) is 0 Å². The number of amides is 2. The molecule has 0 unspecified atom stereocenters. The zero-order chi connectivity index (χ0) is 15.6. The zero-order valence-corrected chi connectivity index (χ0v) is 11.6. The van der Waals surface area contributed by atoms with Gasteiger partial charge < -0.3 is 20.0 Å². The maximum Gasteiger partial charge on any atom is 0.326 e. The summed E-state index contributed by atoms with van der Waals surface area (Å²) in [6.07, 6.45) is -0.842. The lowest BCUT2D eigenvalue weighted by Gasteiger charge is -2.27. The molecular formula is C14H17FN2O4. The molecule has 1 fully saturated rings. The van der Waals surface area contributed by atoms with Gasteiger partial charge in [0.25, 0.3) is 0 Å². The van der Waals surface area contributed by atoms with Crippen LogP contribution in [-0.4, -0.2) is 57.8 Å². The molecule has 0 bridgehead atoms. The first-order valence-corrected chi connectivity index (χ1v) is 6.56. The van der Waals surface area contributed by atoms with Crippen molar-refractivity contribution in [3.63, 3.8) is 0 Å². The summed E-state index contributed by atoms with van der Waals surface area (Å²) in [6.45, 7) is 0.00184. The largest absolute Gasteiger partial charge is 0.480 e. The number of hydrogen-bond acceptors (Lipinski definition) is 3. The number of benzene rings is 1. The van der Waals surface area contributed by atoms with E-state index in [1.807, 2.05) is 0 Å². The van der Waals surface area contributed by atoms with Gasteiger partial charge in [-0.05, 0) is 6.07 Å². The average molecular weight is 296 g/mol. The molecule has 0 saturated carbocycles. The monoisotopic (exact) mass is 296 g/mol. The second-order valence-electron chi connectivity index (χ2n) is 5.13. The fraction of sp³-hybridized carbons (Fsp3) is 0.429. The van der Waals surface area contributed by atoms with E-state index in [0.29, 0.717) is 5.56 Å². The first-order chi connectivity index (χ1) is 9.90. The highest BCUT2D eigenvalue weighted by atomic mass is 19.1. The van der Waals surface area contributed by atoms with Gasteiger partial charge >= 0.3 is 12.0 Å². The number of carbonyl (C=O) groups excluding carboxylic acids is 1. The molecule has 1 aliphatic heterocycles. The third kappa shape index (κ3) is 3.30. The van der Waals surface area contributed by atoms with Gasteiger partial charge in [-0.1, -0.05) is 18.2 Å². The molecule has 21 heavy (non-hydrogen) atoms. The summed E-state index contributed by atoms with van der Waals surface area (Å²) in [7, 11) is 1.47. The molecule has 7 heteroatoms. The summed E-state index contributed by atoms with van der Waals surface area (Å²) < 4.78 is 13.6. The van der Waals surface area contributed by atoms with E-state index in [-0.39, 0.29) is 19.5 Å². The standard InChI is InChI=1S/C14H17FN2O4/c1-16(7-9-4-2-3-5-11(9)15)14(21)17-8-10(18)6-12(17)13(19)20/h2-5,10,12,18H,6-8H2,1H3,(H,19,20)/t10-,12-/m0/s1. The number of carbonyl (C=O) groups is 2. The van der Waals surface area contributed by atoms with Crippen molar-refractivity contribution >= 4 is 12.0 Å². The molecule has 2 rings (SSSR count). The topological polar surface area (TPSA) is 81.1 Å². The van der Waals surface area contributed by atoms with Crippen molar-refractivity contribution in [3.05, 3.63) is 35.6 Å². The number of carboxylic acid groups (broad SMARTS) is 1. The highest BCUT2D eigenvalue weighted by molar-refractivity contribution is 5.83. The number of carboxylic acids is 1. The summed E-state index contributed by atoms with van der Waals surface area (Å²) in [5.41, 5.74) is 0.347. The van der Waals surface area contributed by atoms with Gasteiger partial charge in [0, 0.05) is 32.1 Å². The van der Waals surface area contributed by atoms with Crippen LogP contribution in [0.4, 0.5) is 9.18 Å². The van der Waals surface area contributed by atoms with Crippen LogP contribution in [-0.2, 0) is 11.3 Å². The molecule has 1 heterocycles. The molecule has 114 valence electrons. The van der Waals surface area contributed by atoms with Crippen LogP contribution in [0.1, 0.15) is 12.0 Å². The van der Waals surface area contributed by atoms with E-state index in [2.05, 4.69) is 0 Å². The van der Waals surface area contributed by atoms with Crippen LogP contribution in [0.15, 0.2) is 24.3 Å². The van der Waals surface area contributed by atoms with Crippen LogP contribution in [0.2, 0.25) is 0 Å². The third-order valence-corrected chi connectivity index (χ3v) is 3.50. The number of aliphatic hydroxyl groups excluding tert-OH is 1. The van der Waals surface area contributed by atoms with E-state index >= 15 is 0 Å². The van der Waals surface area contributed by atoms with E-state index in [9.17, 15) is 19.1 Å². The Bertz CT molecular complexity index is 552. The first kappa shape index (κ1) is 15.2. The second kappa shape index (κ2) is 6.09. The van der Waals surface area contributed by atoms with Gasteiger partial charge in [-0.15, -0.1) is 0 Å². The summed E-state index contributed by atoms with van der Waals surface area (Å²) in [4.78, 5) is 25.7. The Balaban J connectivity index is 2.08. The normalized spacial score (nSPS) is 21.4. The Hall–Kier alpha value is -2.15. The zero-order valence-electron chi connectivity index (χ0n) is 11.6. The van der Waals surface area contributed by atoms with Crippen LogP contribution in [0, 0.1) is 5.82 Å². The molecular weight excluding hydrogens is 279 g/mol. The van der Waals surface area contributed by atoms with Crippen molar-refractivity contribution in [2.45, 2.75) is 25.1 Å². The summed E-state index contributed by atoms with van der Waals surface area (Å²) in [6, 6.07) is 4.49. The lowest BCUT2D eigenvalue weighted by atomic mass is 10.2. The van der Waals surface area contributed by atoms with Gasteiger partial charge in [-0.2, -0.15) is 0 Å². The molecule has 2 amide bonds. The molecule has 2 atom stereocenters. The molecule has 2 N–H and O–H groups in total. The highest BCUT2D eigenvalue weighted by Gasteiger charge is 2.40. The minimum Gasteiger partial charge on any atom is -0.480 e. The van der Waals surface area contributed by atoms with Crippen LogP contribution in [0.25, 0.3) is 0 Å². The predicted octanol–water partition coefficient (Wildman–Crippen LogP) is 0.897. The Kier molecular flexibility index (Phi) is 4.42. The fourth-order valence-corrected chi connectivity index (χ4v) is 2.43. The summed E-state index contributed by atoms with van der Waals surface area (Å²) in [5.74, 6) is -1.58. The molecule has 1 saturated heterocycles. The van der Waals surface area contributed by atoms with E-state index in [1.165, 1.54) is 18.0 Å². The lowest BCUT2D eigenvalue weighted by molar-refractivity contribution is -0.141. The Morgan fingerprint density at radius 2 is 2.10 bits per heavy atom. The van der Waals surface area contributed by atoms with Crippen molar-refractivity contribution in [2.24, 2.45) is 0 Å². The number of rotatable bonds is 3. The number of halogens is 1. The van der Waals surface area contributed by atoms with Gasteiger partial charge in [0.1, 0.15) is 11.9 Å². The Morgan fingerprint density at radius 3 is 2.71 bits per heavy atom. The van der Waals surface area contributed by atoms with Gasteiger partial charge in [0.15, 0.2) is 0 Å². The summed E-state index contributed by atoms with van der Waals surface area (Å²) in [5, 5.41) is 18.6. The van der Waals surface area contributed by atoms with Crippen molar-refractivity contribution in [2.75, 3.05) is 13.6 Å². The van der Waals surface area contributed by atoms with Gasteiger partial charge in [-0.25, -0.2) is 14.0 Å². The van der Waals surface area contributed by atoms with Crippen LogP contribution >= 0.6 is 0 Å². The Morgan fingerprint density at radius 1 is 1.43 bits per heavy atom. The molecule has 1 aromatic rings. The molecule has 0 radical (unpaired) electrons. The minimum absolute atomic E-state index is 0.00854. The number of likely N-dealkylation sites (tertiary alicyclic amines) is 1. The highest BCUT2D eigenvalue weighted by Crippen LogP contribution is 2.20. The smallest absolute Gasteiger partial charge is 0.326 e. The third-order valence-electron chi connectivity index (χ3n) is 3.50. The number of β-amino-alcohol motifs (C(OH)–C–C–N with tert-alkyl or cyclic N) is 1. The SMILES string of the molecule is CN(Cc1ccccc1F)C(=O)N1C[C@@H](O)C[C@H]1C(=O)O. The number of nitrogens with zero attached hydrogens (tertiary/aromatic N) is 2. The number of urea groups is 1. The maximum atomic E-state index is 13.6. The summed E-state index contributed by atoms with van der Waals surface area (Å²) >= 11 is 0. The first-order valence-electron chi connectivity index (χ1n) is 6.56. The van der Waals surface area contributed by atoms with Gasteiger partial charge in [0.05, 0.1) is 6.10 Å². The molecule has 0 spiro atoms. The molecule has 1 aromatic carbocycles. The van der Waals surface area contributed by atoms with Crippen LogP contribution < -0.4 is 0 Å². The van der Waals surface area contributed by atoms with Crippen molar-refractivity contribution in [3.8, 4) is 0 Å². The average Bonchev–Trinajstić information content (AvgIpc) is 2.82. The van der Waals surface area contributed by atoms with Crippen LogP contribution in [0.3, 0.4) is 0 Å². The minimum atomic E-state index is -1.15. The number of aliphatic carboxylic acids is 1. The van der Waals surface area contributed by atoms with E-state index < -0.39 is 30.0 Å². The van der Waals surface area contributed by atoms with Crippen molar-refractivity contribution < 1.29 is 24.2 Å².